The SMILES string of the molecule is C=CCC(c1ccccc1)c1ccccc1-c1ccccc1. The van der Waals surface area contributed by atoms with Gasteiger partial charge < -0.3 is 0 Å². The van der Waals surface area contributed by atoms with E-state index in [9.17, 15) is 0 Å². The number of allylic oxidation sites excluding steroid dienone is 1. The molecule has 0 heterocycles. The van der Waals surface area contributed by atoms with Gasteiger partial charge in [0.05, 0.1) is 0 Å². The topological polar surface area (TPSA) is 0 Å². The Morgan fingerprint density at radius 1 is 0.727 bits per heavy atom. The molecule has 0 aromatic heterocycles. The molecule has 0 N–H and O–H groups in total. The van der Waals surface area contributed by atoms with Crippen molar-refractivity contribution in [3.05, 3.63) is 109 Å². The Labute approximate surface area is 132 Å². The van der Waals surface area contributed by atoms with Gasteiger partial charge in [0.15, 0.2) is 0 Å². The Balaban J connectivity index is 2.11. The van der Waals surface area contributed by atoms with E-state index < -0.39 is 0 Å². The fourth-order valence-corrected chi connectivity index (χ4v) is 2.98. The van der Waals surface area contributed by atoms with Crippen molar-refractivity contribution in [1.29, 1.82) is 0 Å². The van der Waals surface area contributed by atoms with Gasteiger partial charge in [-0.05, 0) is 28.7 Å². The molecule has 0 aliphatic carbocycles. The van der Waals surface area contributed by atoms with Crippen LogP contribution in [0.2, 0.25) is 0 Å². The maximum absolute atomic E-state index is 3.95. The molecule has 3 aromatic rings. The lowest BCUT2D eigenvalue weighted by molar-refractivity contribution is 0.833. The van der Waals surface area contributed by atoms with Crippen LogP contribution in [-0.4, -0.2) is 0 Å². The lowest BCUT2D eigenvalue weighted by atomic mass is 9.84. The van der Waals surface area contributed by atoms with Crippen LogP contribution in [0, 0.1) is 0 Å². The molecule has 0 radical (unpaired) electrons. The van der Waals surface area contributed by atoms with Crippen LogP contribution < -0.4 is 0 Å². The maximum atomic E-state index is 3.95. The molecular formula is C22H20. The van der Waals surface area contributed by atoms with Crippen molar-refractivity contribution >= 4 is 0 Å². The summed E-state index contributed by atoms with van der Waals surface area (Å²) in [7, 11) is 0. The Morgan fingerprint density at radius 3 is 2.00 bits per heavy atom. The van der Waals surface area contributed by atoms with Gasteiger partial charge in [-0.3, -0.25) is 0 Å². The summed E-state index contributed by atoms with van der Waals surface area (Å²) in [5.74, 6) is 0.343. The summed E-state index contributed by atoms with van der Waals surface area (Å²) in [4.78, 5) is 0. The summed E-state index contributed by atoms with van der Waals surface area (Å²) in [6.07, 6.45) is 2.95. The molecule has 0 spiro atoms. The van der Waals surface area contributed by atoms with E-state index in [1.165, 1.54) is 22.3 Å². The first-order chi connectivity index (χ1) is 10.9. The third-order valence-electron chi connectivity index (χ3n) is 4.03. The first-order valence-corrected chi connectivity index (χ1v) is 7.70. The molecule has 1 unspecified atom stereocenters. The van der Waals surface area contributed by atoms with Crippen LogP contribution in [-0.2, 0) is 0 Å². The number of rotatable bonds is 5. The Hall–Kier alpha value is -2.60. The zero-order chi connectivity index (χ0) is 15.2. The predicted octanol–water partition coefficient (Wildman–Crippen LogP) is 6.06. The molecule has 0 saturated heterocycles. The molecule has 0 saturated carbocycles. The summed E-state index contributed by atoms with van der Waals surface area (Å²) >= 11 is 0. The van der Waals surface area contributed by atoms with Crippen LogP contribution in [0.4, 0.5) is 0 Å². The highest BCUT2D eigenvalue weighted by atomic mass is 14.2. The fourth-order valence-electron chi connectivity index (χ4n) is 2.98. The van der Waals surface area contributed by atoms with Crippen LogP contribution in [0.3, 0.4) is 0 Å². The van der Waals surface area contributed by atoms with Crippen LogP contribution >= 0.6 is 0 Å². The monoisotopic (exact) mass is 284 g/mol. The van der Waals surface area contributed by atoms with Gasteiger partial charge in [-0.1, -0.05) is 91.0 Å². The van der Waals surface area contributed by atoms with E-state index in [0.29, 0.717) is 5.92 Å². The molecule has 108 valence electrons. The van der Waals surface area contributed by atoms with E-state index >= 15 is 0 Å². The first-order valence-electron chi connectivity index (χ1n) is 7.70. The van der Waals surface area contributed by atoms with Crippen LogP contribution in [0.25, 0.3) is 11.1 Å². The molecule has 3 rings (SSSR count). The van der Waals surface area contributed by atoms with Crippen molar-refractivity contribution in [3.8, 4) is 11.1 Å². The quantitative estimate of drug-likeness (QED) is 0.499. The largest absolute Gasteiger partial charge is 0.103 e. The fraction of sp³-hybridized carbons (Fsp3) is 0.0909. The van der Waals surface area contributed by atoms with E-state index in [2.05, 4.69) is 91.5 Å². The van der Waals surface area contributed by atoms with E-state index in [-0.39, 0.29) is 0 Å². The molecule has 0 heteroatoms. The molecule has 0 bridgehead atoms. The predicted molar refractivity (Wildman–Crippen MR) is 95.0 cm³/mol. The van der Waals surface area contributed by atoms with Gasteiger partial charge >= 0.3 is 0 Å². The van der Waals surface area contributed by atoms with Gasteiger partial charge in [0.25, 0.3) is 0 Å². The molecule has 0 nitrogen and oxygen atoms in total. The molecule has 1 atom stereocenters. The summed E-state index contributed by atoms with van der Waals surface area (Å²) in [5.41, 5.74) is 5.27. The van der Waals surface area contributed by atoms with Gasteiger partial charge in [-0.2, -0.15) is 0 Å². The third kappa shape index (κ3) is 3.01. The highest BCUT2D eigenvalue weighted by Gasteiger charge is 2.16. The van der Waals surface area contributed by atoms with Gasteiger partial charge in [0.1, 0.15) is 0 Å². The minimum atomic E-state index is 0.343. The maximum Gasteiger partial charge on any atom is 0.0130 e. The summed E-state index contributed by atoms with van der Waals surface area (Å²) < 4.78 is 0. The second kappa shape index (κ2) is 6.91. The minimum absolute atomic E-state index is 0.343. The lowest BCUT2D eigenvalue weighted by Crippen LogP contribution is -2.02. The van der Waals surface area contributed by atoms with Crippen LogP contribution in [0.1, 0.15) is 23.5 Å². The molecule has 0 fully saturated rings. The van der Waals surface area contributed by atoms with Gasteiger partial charge in [0, 0.05) is 5.92 Å². The first kappa shape index (κ1) is 14.3. The highest BCUT2D eigenvalue weighted by Crippen LogP contribution is 2.35. The average molecular weight is 284 g/mol. The molecule has 3 aromatic carbocycles. The van der Waals surface area contributed by atoms with Gasteiger partial charge in [0.2, 0.25) is 0 Å². The van der Waals surface area contributed by atoms with Crippen molar-refractivity contribution < 1.29 is 0 Å². The second-order valence-electron chi connectivity index (χ2n) is 5.44. The zero-order valence-corrected chi connectivity index (χ0v) is 12.7. The van der Waals surface area contributed by atoms with Crippen LogP contribution in [0.15, 0.2) is 97.6 Å². The molecule has 0 amide bonds. The standard InChI is InChI=1S/C22H20/c1-2-11-20(18-12-5-3-6-13-18)22-17-10-9-16-21(22)19-14-7-4-8-15-19/h2-10,12-17,20H,1,11H2. The number of benzene rings is 3. The van der Waals surface area contributed by atoms with E-state index in [4.69, 9.17) is 0 Å². The zero-order valence-electron chi connectivity index (χ0n) is 12.7. The van der Waals surface area contributed by atoms with Crippen molar-refractivity contribution in [1.82, 2.24) is 0 Å². The van der Waals surface area contributed by atoms with Crippen LogP contribution in [0.5, 0.6) is 0 Å². The molecular weight excluding hydrogens is 264 g/mol. The average Bonchev–Trinajstić information content (AvgIpc) is 2.61. The van der Waals surface area contributed by atoms with Crippen molar-refractivity contribution in [2.45, 2.75) is 12.3 Å². The summed E-state index contributed by atoms with van der Waals surface area (Å²) in [6.45, 7) is 3.95. The Kier molecular flexibility index (Phi) is 4.50. The summed E-state index contributed by atoms with van der Waals surface area (Å²) in [6, 6.07) is 30.0. The highest BCUT2D eigenvalue weighted by molar-refractivity contribution is 5.68. The minimum Gasteiger partial charge on any atom is -0.103 e. The Bertz CT molecular complexity index is 726. The summed E-state index contributed by atoms with van der Waals surface area (Å²) in [5, 5.41) is 0. The van der Waals surface area contributed by atoms with Gasteiger partial charge in [-0.25, -0.2) is 0 Å². The smallest absolute Gasteiger partial charge is 0.0130 e. The van der Waals surface area contributed by atoms with E-state index in [1.54, 1.807) is 0 Å². The number of hydrogen-bond donors (Lipinski definition) is 0. The lowest BCUT2D eigenvalue weighted by Gasteiger charge is -2.20. The molecule has 0 aliphatic rings. The molecule has 0 aliphatic heterocycles. The van der Waals surface area contributed by atoms with E-state index in [0.717, 1.165) is 6.42 Å². The third-order valence-corrected chi connectivity index (χ3v) is 4.03. The van der Waals surface area contributed by atoms with Crippen molar-refractivity contribution in [2.75, 3.05) is 0 Å². The normalized spacial score (nSPS) is 11.8. The Morgan fingerprint density at radius 2 is 1.32 bits per heavy atom. The van der Waals surface area contributed by atoms with Crippen molar-refractivity contribution in [3.63, 3.8) is 0 Å². The number of hydrogen-bond acceptors (Lipinski definition) is 0. The van der Waals surface area contributed by atoms with E-state index in [1.807, 2.05) is 6.08 Å². The van der Waals surface area contributed by atoms with Gasteiger partial charge in [-0.15, -0.1) is 6.58 Å². The van der Waals surface area contributed by atoms with Crippen molar-refractivity contribution in [2.24, 2.45) is 0 Å². The molecule has 22 heavy (non-hydrogen) atoms. The second-order valence-corrected chi connectivity index (χ2v) is 5.44.